The van der Waals surface area contributed by atoms with Gasteiger partial charge in [-0.1, -0.05) is 12.5 Å². The number of aryl methyl sites for hydroxylation is 1. The van der Waals surface area contributed by atoms with E-state index >= 15 is 0 Å². The Kier molecular flexibility index (Phi) is 4.13. The molecular weight excluding hydrogens is 302 g/mol. The summed E-state index contributed by atoms with van der Waals surface area (Å²) in [5.74, 6) is 2.47. The minimum Gasteiger partial charge on any atom is -0.492 e. The second kappa shape index (κ2) is 5.84. The van der Waals surface area contributed by atoms with Crippen molar-refractivity contribution in [2.45, 2.75) is 38.5 Å². The average Bonchev–Trinajstić information content (AvgIpc) is 2.82. The van der Waals surface area contributed by atoms with E-state index in [-0.39, 0.29) is 0 Å². The minimum absolute atomic E-state index is 0.604. The topological polar surface area (TPSA) is 21.3 Å². The van der Waals surface area contributed by atoms with Crippen molar-refractivity contribution in [2.24, 2.45) is 5.92 Å². The van der Waals surface area contributed by atoms with Gasteiger partial charge in [0.2, 0.25) is 0 Å². The molecule has 2 fully saturated rings. The summed E-state index contributed by atoms with van der Waals surface area (Å²) in [6.45, 7) is 5.25. The second-order valence-corrected chi connectivity index (χ2v) is 6.82. The number of benzene rings is 1. The highest BCUT2D eigenvalue weighted by molar-refractivity contribution is 9.10. The molecule has 0 aromatic heterocycles. The van der Waals surface area contributed by atoms with Crippen LogP contribution in [0.25, 0.3) is 0 Å². The van der Waals surface area contributed by atoms with E-state index in [1.165, 1.54) is 36.8 Å². The summed E-state index contributed by atoms with van der Waals surface area (Å²) in [6, 6.07) is 4.47. The van der Waals surface area contributed by atoms with Gasteiger partial charge in [-0.3, -0.25) is 0 Å². The van der Waals surface area contributed by atoms with Gasteiger partial charge in [0, 0.05) is 12.5 Å². The summed E-state index contributed by atoms with van der Waals surface area (Å²) in [6.07, 6.45) is 5.27. The second-order valence-electron chi connectivity index (χ2n) is 5.96. The molecule has 19 heavy (non-hydrogen) atoms. The van der Waals surface area contributed by atoms with Crippen molar-refractivity contribution >= 4 is 15.9 Å². The molecule has 1 aliphatic carbocycles. The lowest BCUT2D eigenvalue weighted by molar-refractivity contribution is 0.178. The monoisotopic (exact) mass is 323 g/mol. The normalized spacial score (nSPS) is 23.4. The number of nitrogens with one attached hydrogen (secondary N) is 1. The van der Waals surface area contributed by atoms with E-state index in [2.05, 4.69) is 40.3 Å². The Morgan fingerprint density at radius 2 is 2.16 bits per heavy atom. The zero-order chi connectivity index (χ0) is 13.2. The molecule has 1 unspecified atom stereocenters. The molecule has 0 spiro atoms. The van der Waals surface area contributed by atoms with Crippen LogP contribution >= 0.6 is 15.9 Å². The van der Waals surface area contributed by atoms with Gasteiger partial charge < -0.3 is 10.1 Å². The molecule has 1 N–H and O–H groups in total. The Morgan fingerprint density at radius 3 is 2.79 bits per heavy atom. The van der Waals surface area contributed by atoms with Gasteiger partial charge in [-0.15, -0.1) is 0 Å². The van der Waals surface area contributed by atoms with E-state index in [1.54, 1.807) is 0 Å². The molecule has 0 radical (unpaired) electrons. The summed E-state index contributed by atoms with van der Waals surface area (Å²) in [7, 11) is 0. The number of rotatable bonds is 4. The fourth-order valence-electron chi connectivity index (χ4n) is 2.99. The first kappa shape index (κ1) is 13.4. The highest BCUT2D eigenvalue weighted by Gasteiger charge is 2.24. The lowest BCUT2D eigenvalue weighted by atomic mass is 9.86. The molecule has 2 aliphatic rings. The predicted octanol–water partition coefficient (Wildman–Crippen LogP) is 4.01. The maximum absolute atomic E-state index is 6.16. The Morgan fingerprint density at radius 1 is 1.32 bits per heavy atom. The van der Waals surface area contributed by atoms with Gasteiger partial charge in [-0.2, -0.15) is 0 Å². The molecule has 0 bridgehead atoms. The van der Waals surface area contributed by atoms with Crippen LogP contribution in [-0.2, 0) is 0 Å². The van der Waals surface area contributed by atoms with E-state index < -0.39 is 0 Å². The summed E-state index contributed by atoms with van der Waals surface area (Å²) < 4.78 is 7.28. The Balaban J connectivity index is 1.81. The van der Waals surface area contributed by atoms with E-state index in [9.17, 15) is 0 Å². The van der Waals surface area contributed by atoms with Crippen LogP contribution in [-0.4, -0.2) is 19.7 Å². The Labute approximate surface area is 124 Å². The van der Waals surface area contributed by atoms with Crippen molar-refractivity contribution in [3.63, 3.8) is 0 Å². The van der Waals surface area contributed by atoms with Crippen LogP contribution in [0.2, 0.25) is 0 Å². The van der Waals surface area contributed by atoms with E-state index in [4.69, 9.17) is 4.74 Å². The third-order valence-corrected chi connectivity index (χ3v) is 4.99. The van der Waals surface area contributed by atoms with Gasteiger partial charge in [0.05, 0.1) is 11.1 Å². The standard InChI is InChI=1S/C16H22BrNO/c1-11-7-14(13-5-6-18-9-13)16(15(17)8-11)19-10-12-3-2-4-12/h7-8,12-13,18H,2-6,9-10H2,1H3. The highest BCUT2D eigenvalue weighted by Crippen LogP contribution is 2.38. The smallest absolute Gasteiger partial charge is 0.137 e. The largest absolute Gasteiger partial charge is 0.492 e. The van der Waals surface area contributed by atoms with Crippen LogP contribution in [0.5, 0.6) is 5.75 Å². The van der Waals surface area contributed by atoms with Crippen molar-refractivity contribution in [1.82, 2.24) is 5.32 Å². The number of halogens is 1. The SMILES string of the molecule is Cc1cc(Br)c(OCC2CCC2)c(C2CCNC2)c1. The van der Waals surface area contributed by atoms with Gasteiger partial charge >= 0.3 is 0 Å². The molecule has 3 heteroatoms. The molecule has 1 saturated heterocycles. The van der Waals surface area contributed by atoms with Gasteiger partial charge in [-0.25, -0.2) is 0 Å². The average molecular weight is 324 g/mol. The van der Waals surface area contributed by atoms with Crippen molar-refractivity contribution in [3.8, 4) is 5.75 Å². The van der Waals surface area contributed by atoms with Crippen LogP contribution < -0.4 is 10.1 Å². The van der Waals surface area contributed by atoms with Crippen LogP contribution in [0.3, 0.4) is 0 Å². The molecule has 1 aliphatic heterocycles. The Bertz CT molecular complexity index is 450. The quantitative estimate of drug-likeness (QED) is 0.903. The van der Waals surface area contributed by atoms with Crippen LogP contribution in [0, 0.1) is 12.8 Å². The maximum atomic E-state index is 6.16. The highest BCUT2D eigenvalue weighted by atomic mass is 79.9. The molecule has 1 aromatic carbocycles. The molecule has 2 nitrogen and oxygen atoms in total. The third kappa shape index (κ3) is 2.97. The summed E-state index contributed by atoms with van der Waals surface area (Å²) in [5, 5.41) is 3.45. The number of hydrogen-bond donors (Lipinski definition) is 1. The third-order valence-electron chi connectivity index (χ3n) is 4.40. The van der Waals surface area contributed by atoms with Gasteiger partial charge in [-0.05, 0) is 71.8 Å². The van der Waals surface area contributed by atoms with Crippen LogP contribution in [0.1, 0.15) is 42.7 Å². The Hall–Kier alpha value is -0.540. The minimum atomic E-state index is 0.604. The van der Waals surface area contributed by atoms with Gasteiger partial charge in [0.25, 0.3) is 0 Å². The van der Waals surface area contributed by atoms with Crippen molar-refractivity contribution in [1.29, 1.82) is 0 Å². The van der Waals surface area contributed by atoms with E-state index in [0.29, 0.717) is 5.92 Å². The summed E-state index contributed by atoms with van der Waals surface area (Å²) in [5.41, 5.74) is 2.70. The lowest BCUT2D eigenvalue weighted by Gasteiger charge is -2.27. The molecule has 104 valence electrons. The molecule has 1 saturated carbocycles. The first-order chi connectivity index (χ1) is 9.24. The zero-order valence-electron chi connectivity index (χ0n) is 11.5. The fourth-order valence-corrected chi connectivity index (χ4v) is 3.70. The summed E-state index contributed by atoms with van der Waals surface area (Å²) in [4.78, 5) is 0. The molecule has 0 amide bonds. The van der Waals surface area contributed by atoms with Crippen LogP contribution in [0.4, 0.5) is 0 Å². The number of hydrogen-bond acceptors (Lipinski definition) is 2. The molecule has 1 aromatic rings. The number of ether oxygens (including phenoxy) is 1. The molecule has 1 heterocycles. The molecule has 3 rings (SSSR count). The first-order valence-electron chi connectivity index (χ1n) is 7.37. The van der Waals surface area contributed by atoms with Gasteiger partial charge in [0.1, 0.15) is 5.75 Å². The predicted molar refractivity (Wildman–Crippen MR) is 81.9 cm³/mol. The fraction of sp³-hybridized carbons (Fsp3) is 0.625. The van der Waals surface area contributed by atoms with E-state index in [1.807, 2.05) is 0 Å². The van der Waals surface area contributed by atoms with Crippen molar-refractivity contribution in [2.75, 3.05) is 19.7 Å². The molecule has 1 atom stereocenters. The lowest BCUT2D eigenvalue weighted by Crippen LogP contribution is -2.20. The van der Waals surface area contributed by atoms with Crippen molar-refractivity contribution in [3.05, 3.63) is 27.7 Å². The summed E-state index contributed by atoms with van der Waals surface area (Å²) >= 11 is 3.69. The zero-order valence-corrected chi connectivity index (χ0v) is 13.1. The van der Waals surface area contributed by atoms with Gasteiger partial charge in [0.15, 0.2) is 0 Å². The molecular formula is C16H22BrNO. The van der Waals surface area contributed by atoms with Crippen LogP contribution in [0.15, 0.2) is 16.6 Å². The van der Waals surface area contributed by atoms with E-state index in [0.717, 1.165) is 35.8 Å². The maximum Gasteiger partial charge on any atom is 0.137 e. The van der Waals surface area contributed by atoms with Crippen molar-refractivity contribution < 1.29 is 4.74 Å². The first-order valence-corrected chi connectivity index (χ1v) is 8.17.